The normalized spacial score (nSPS) is 12.0. The van der Waals surface area contributed by atoms with Crippen molar-refractivity contribution >= 4 is 12.0 Å². The van der Waals surface area contributed by atoms with E-state index < -0.39 is 17.5 Å². The number of carbonyl (C=O) groups excluding carboxylic acids is 1. The lowest BCUT2D eigenvalue weighted by Crippen LogP contribution is -2.24. The van der Waals surface area contributed by atoms with Gasteiger partial charge in [-0.3, -0.25) is 9.78 Å². The van der Waals surface area contributed by atoms with E-state index in [2.05, 4.69) is 15.3 Å². The highest BCUT2D eigenvalue weighted by Crippen LogP contribution is 2.23. The largest absolute Gasteiger partial charge is 0.437 e. The van der Waals surface area contributed by atoms with E-state index in [-0.39, 0.29) is 11.6 Å². The van der Waals surface area contributed by atoms with Crippen LogP contribution in [0.5, 0.6) is 11.6 Å². The molecule has 0 bridgehead atoms. The molecular weight excluding hydrogens is 364 g/mol. The standard InChI is InChI=1S/C21H17F2N3O2/c1-14(26-20(27)6-5-15-9-17(22)12-18(23)10-15)16-3-2-4-19(11-16)28-21-13-24-7-8-25-21/h2-14H,1H3,(H,26,27)/t14-/m0/s1. The first kappa shape index (κ1) is 19.2. The average Bonchev–Trinajstić information content (AvgIpc) is 2.67. The second-order valence-corrected chi connectivity index (χ2v) is 5.98. The molecule has 1 atom stereocenters. The molecule has 0 radical (unpaired) electrons. The Morgan fingerprint density at radius 1 is 1.14 bits per heavy atom. The molecule has 0 saturated heterocycles. The fraction of sp³-hybridized carbons (Fsp3) is 0.0952. The summed E-state index contributed by atoms with van der Waals surface area (Å²) >= 11 is 0. The molecule has 142 valence electrons. The van der Waals surface area contributed by atoms with Crippen LogP contribution in [0.25, 0.3) is 6.08 Å². The molecule has 0 aliphatic carbocycles. The van der Waals surface area contributed by atoms with Crippen LogP contribution < -0.4 is 10.1 Å². The Hall–Kier alpha value is -3.61. The molecule has 0 saturated carbocycles. The fourth-order valence-electron chi connectivity index (χ4n) is 2.49. The third-order valence-corrected chi connectivity index (χ3v) is 3.79. The van der Waals surface area contributed by atoms with Gasteiger partial charge in [0.15, 0.2) is 0 Å². The highest BCUT2D eigenvalue weighted by atomic mass is 19.1. The SMILES string of the molecule is C[C@H](NC(=O)C=Cc1cc(F)cc(F)c1)c1cccc(Oc2cnccn2)c1. The quantitative estimate of drug-likeness (QED) is 0.641. The minimum absolute atomic E-state index is 0.264. The molecule has 5 nitrogen and oxygen atoms in total. The number of benzene rings is 2. The van der Waals surface area contributed by atoms with Gasteiger partial charge in [0.2, 0.25) is 11.8 Å². The van der Waals surface area contributed by atoms with Crippen LogP contribution in [0.2, 0.25) is 0 Å². The number of aromatic nitrogens is 2. The van der Waals surface area contributed by atoms with E-state index in [0.717, 1.165) is 23.8 Å². The van der Waals surface area contributed by atoms with Crippen LogP contribution >= 0.6 is 0 Å². The van der Waals surface area contributed by atoms with Gasteiger partial charge in [0, 0.05) is 24.5 Å². The van der Waals surface area contributed by atoms with Crippen LogP contribution in [0.1, 0.15) is 24.1 Å². The predicted molar refractivity (Wildman–Crippen MR) is 100 cm³/mol. The Bertz CT molecular complexity index is 974. The first-order chi connectivity index (χ1) is 13.5. The van der Waals surface area contributed by atoms with E-state index >= 15 is 0 Å². The second kappa shape index (κ2) is 8.85. The van der Waals surface area contributed by atoms with Gasteiger partial charge in [0.05, 0.1) is 12.2 Å². The van der Waals surface area contributed by atoms with Crippen molar-refractivity contribution < 1.29 is 18.3 Å². The molecule has 1 N–H and O–H groups in total. The zero-order valence-corrected chi connectivity index (χ0v) is 15.0. The van der Waals surface area contributed by atoms with E-state index in [1.807, 2.05) is 13.0 Å². The summed E-state index contributed by atoms with van der Waals surface area (Å²) in [6.45, 7) is 1.81. The summed E-state index contributed by atoms with van der Waals surface area (Å²) in [5.74, 6) is -0.870. The molecule has 0 unspecified atom stereocenters. The van der Waals surface area contributed by atoms with Crippen molar-refractivity contribution in [3.05, 3.63) is 89.9 Å². The molecule has 1 aromatic heterocycles. The number of nitrogens with one attached hydrogen (secondary N) is 1. The Labute approximate surface area is 160 Å². The van der Waals surface area contributed by atoms with Gasteiger partial charge in [-0.05, 0) is 48.4 Å². The van der Waals surface area contributed by atoms with E-state index in [9.17, 15) is 13.6 Å². The molecule has 2 aromatic carbocycles. The van der Waals surface area contributed by atoms with Gasteiger partial charge in [0.1, 0.15) is 17.4 Å². The predicted octanol–water partition coefficient (Wildman–Crippen LogP) is 4.44. The first-order valence-corrected chi connectivity index (χ1v) is 8.48. The summed E-state index contributed by atoms with van der Waals surface area (Å²) in [4.78, 5) is 20.1. The van der Waals surface area contributed by atoms with Crippen molar-refractivity contribution in [3.63, 3.8) is 0 Å². The number of amides is 1. The molecule has 7 heteroatoms. The average molecular weight is 381 g/mol. The van der Waals surface area contributed by atoms with Crippen molar-refractivity contribution in [2.75, 3.05) is 0 Å². The molecule has 28 heavy (non-hydrogen) atoms. The number of halogens is 2. The second-order valence-electron chi connectivity index (χ2n) is 5.98. The summed E-state index contributed by atoms with van der Waals surface area (Å²) in [5.41, 5.74) is 1.08. The van der Waals surface area contributed by atoms with E-state index in [0.29, 0.717) is 11.6 Å². The summed E-state index contributed by atoms with van der Waals surface area (Å²) in [7, 11) is 0. The molecule has 1 amide bonds. The van der Waals surface area contributed by atoms with Gasteiger partial charge in [-0.1, -0.05) is 12.1 Å². The van der Waals surface area contributed by atoms with E-state index in [1.54, 1.807) is 24.4 Å². The Morgan fingerprint density at radius 3 is 2.64 bits per heavy atom. The van der Waals surface area contributed by atoms with Crippen molar-refractivity contribution in [1.29, 1.82) is 0 Å². The number of hydrogen-bond donors (Lipinski definition) is 1. The van der Waals surface area contributed by atoms with Crippen molar-refractivity contribution in [3.8, 4) is 11.6 Å². The maximum atomic E-state index is 13.2. The summed E-state index contributed by atoms with van der Waals surface area (Å²) in [5, 5.41) is 2.79. The van der Waals surface area contributed by atoms with Crippen molar-refractivity contribution in [1.82, 2.24) is 15.3 Å². The molecule has 3 aromatic rings. The van der Waals surface area contributed by atoms with Crippen LogP contribution in [-0.2, 0) is 4.79 Å². The smallest absolute Gasteiger partial charge is 0.244 e. The van der Waals surface area contributed by atoms with Gasteiger partial charge in [0.25, 0.3) is 0 Å². The number of ether oxygens (including phenoxy) is 1. The zero-order valence-electron chi connectivity index (χ0n) is 15.0. The van der Waals surface area contributed by atoms with E-state index in [1.165, 1.54) is 24.5 Å². The molecule has 0 spiro atoms. The van der Waals surface area contributed by atoms with Crippen LogP contribution in [0.4, 0.5) is 8.78 Å². The van der Waals surface area contributed by atoms with Gasteiger partial charge >= 0.3 is 0 Å². The molecule has 3 rings (SSSR count). The van der Waals surface area contributed by atoms with Crippen LogP contribution in [-0.4, -0.2) is 15.9 Å². The van der Waals surface area contributed by atoms with Crippen LogP contribution in [0.15, 0.2) is 67.1 Å². The Balaban J connectivity index is 1.63. The van der Waals surface area contributed by atoms with Gasteiger partial charge in [-0.15, -0.1) is 0 Å². The molecule has 0 fully saturated rings. The molecular formula is C21H17F2N3O2. The number of rotatable bonds is 6. The fourth-order valence-corrected chi connectivity index (χ4v) is 2.49. The lowest BCUT2D eigenvalue weighted by molar-refractivity contribution is -0.117. The minimum atomic E-state index is -0.701. The third kappa shape index (κ3) is 5.44. The van der Waals surface area contributed by atoms with Crippen LogP contribution in [0, 0.1) is 11.6 Å². The van der Waals surface area contributed by atoms with Crippen molar-refractivity contribution in [2.24, 2.45) is 0 Å². The monoisotopic (exact) mass is 381 g/mol. The highest BCUT2D eigenvalue weighted by molar-refractivity contribution is 5.91. The van der Waals surface area contributed by atoms with Crippen molar-refractivity contribution in [2.45, 2.75) is 13.0 Å². The topological polar surface area (TPSA) is 64.1 Å². The Morgan fingerprint density at radius 2 is 1.93 bits per heavy atom. The number of nitrogens with zero attached hydrogens (tertiary/aromatic N) is 2. The number of hydrogen-bond acceptors (Lipinski definition) is 4. The van der Waals surface area contributed by atoms with E-state index in [4.69, 9.17) is 4.74 Å². The lowest BCUT2D eigenvalue weighted by Gasteiger charge is -2.14. The first-order valence-electron chi connectivity index (χ1n) is 8.48. The number of carbonyl (C=O) groups is 1. The third-order valence-electron chi connectivity index (χ3n) is 3.79. The van der Waals surface area contributed by atoms with Gasteiger partial charge in [-0.2, -0.15) is 0 Å². The maximum absolute atomic E-state index is 13.2. The molecule has 0 aliphatic rings. The minimum Gasteiger partial charge on any atom is -0.437 e. The summed E-state index contributed by atoms with van der Waals surface area (Å²) in [6.07, 6.45) is 7.15. The lowest BCUT2D eigenvalue weighted by atomic mass is 10.1. The van der Waals surface area contributed by atoms with Gasteiger partial charge in [-0.25, -0.2) is 13.8 Å². The molecule has 1 heterocycles. The summed E-state index contributed by atoms with van der Waals surface area (Å²) in [6, 6.07) is 9.95. The maximum Gasteiger partial charge on any atom is 0.244 e. The van der Waals surface area contributed by atoms with Gasteiger partial charge < -0.3 is 10.1 Å². The molecule has 0 aliphatic heterocycles. The summed E-state index contributed by atoms with van der Waals surface area (Å²) < 4.78 is 32.0. The highest BCUT2D eigenvalue weighted by Gasteiger charge is 2.09. The Kier molecular flexibility index (Phi) is 6.06. The zero-order chi connectivity index (χ0) is 19.9. The van der Waals surface area contributed by atoms with Crippen LogP contribution in [0.3, 0.4) is 0 Å².